The van der Waals surface area contributed by atoms with Crippen molar-refractivity contribution >= 4 is 73.9 Å². The summed E-state index contributed by atoms with van der Waals surface area (Å²) in [6.07, 6.45) is 1.60. The van der Waals surface area contributed by atoms with Crippen LogP contribution in [0, 0.1) is 5.41 Å². The second-order valence-electron chi connectivity index (χ2n) is 10.2. The predicted octanol–water partition coefficient (Wildman–Crippen LogP) is 5.10. The number of rotatable bonds is 11. The lowest BCUT2D eigenvalue weighted by molar-refractivity contribution is 0.584. The van der Waals surface area contributed by atoms with Crippen LogP contribution in [0.5, 0.6) is 0 Å². The number of aromatic nitrogens is 2. The highest BCUT2D eigenvalue weighted by atomic mass is 35.5. The SMILES string of the molecule is CN(C)c1cccc2c(S(=O)(=O)NCCNc3ccc4c(c3)nc(CCc3ccc(C(=N)N)cc3)n4C)cccc12.Cl.Cl. The van der Waals surface area contributed by atoms with E-state index >= 15 is 0 Å². The molecule has 0 radical (unpaired) electrons. The molecule has 0 saturated carbocycles. The van der Waals surface area contributed by atoms with Crippen LogP contribution in [0.15, 0.2) is 83.8 Å². The molecule has 0 atom stereocenters. The van der Waals surface area contributed by atoms with Gasteiger partial charge in [0, 0.05) is 68.4 Å². The maximum atomic E-state index is 13.2. The van der Waals surface area contributed by atoms with E-state index in [0.717, 1.165) is 57.6 Å². The number of benzene rings is 4. The van der Waals surface area contributed by atoms with E-state index in [0.29, 0.717) is 11.9 Å². The van der Waals surface area contributed by atoms with Gasteiger partial charge in [-0.05, 0) is 42.3 Å². The summed E-state index contributed by atoms with van der Waals surface area (Å²) < 4.78 is 31.2. The van der Waals surface area contributed by atoms with E-state index in [9.17, 15) is 8.42 Å². The molecule has 12 heteroatoms. The molecule has 0 aliphatic heterocycles. The molecule has 1 heterocycles. The fraction of sp³-hybridized carbons (Fsp3) is 0.226. The molecular weight excluding hydrogens is 605 g/mol. The first kappa shape index (κ1) is 33.7. The first-order valence-electron chi connectivity index (χ1n) is 13.5. The zero-order chi connectivity index (χ0) is 29.1. The summed E-state index contributed by atoms with van der Waals surface area (Å²) in [7, 11) is 2.21. The average molecular weight is 643 g/mol. The Morgan fingerprint density at radius 1 is 0.930 bits per heavy atom. The number of hydrogen-bond donors (Lipinski definition) is 4. The zero-order valence-corrected chi connectivity index (χ0v) is 26.7. The highest BCUT2D eigenvalue weighted by Crippen LogP contribution is 2.30. The molecule has 4 aromatic carbocycles. The van der Waals surface area contributed by atoms with Crippen molar-refractivity contribution in [1.29, 1.82) is 5.41 Å². The molecule has 0 saturated heterocycles. The number of nitrogen functional groups attached to an aromatic ring is 1. The van der Waals surface area contributed by atoms with Crippen LogP contribution in [-0.2, 0) is 29.9 Å². The lowest BCUT2D eigenvalue weighted by Gasteiger charge is -2.17. The Morgan fingerprint density at radius 2 is 1.63 bits per heavy atom. The maximum absolute atomic E-state index is 13.2. The molecule has 0 aliphatic rings. The molecule has 0 fully saturated rings. The Labute approximate surface area is 264 Å². The smallest absolute Gasteiger partial charge is 0.241 e. The number of nitrogens with zero attached hydrogens (tertiary/aromatic N) is 3. The second-order valence-corrected chi connectivity index (χ2v) is 12.0. The highest BCUT2D eigenvalue weighted by molar-refractivity contribution is 7.89. The van der Waals surface area contributed by atoms with Crippen LogP contribution in [0.1, 0.15) is 17.0 Å². The molecule has 0 aliphatic carbocycles. The maximum Gasteiger partial charge on any atom is 0.241 e. The van der Waals surface area contributed by atoms with Gasteiger partial charge in [-0.3, -0.25) is 5.41 Å². The van der Waals surface area contributed by atoms with Gasteiger partial charge >= 0.3 is 0 Å². The van der Waals surface area contributed by atoms with Gasteiger partial charge in [-0.2, -0.15) is 0 Å². The van der Waals surface area contributed by atoms with Gasteiger partial charge in [-0.25, -0.2) is 18.1 Å². The van der Waals surface area contributed by atoms with E-state index in [-0.39, 0.29) is 42.1 Å². The molecule has 43 heavy (non-hydrogen) atoms. The van der Waals surface area contributed by atoms with Gasteiger partial charge in [-0.1, -0.05) is 48.5 Å². The number of anilines is 2. The van der Waals surface area contributed by atoms with Gasteiger partial charge in [0.1, 0.15) is 11.7 Å². The average Bonchev–Trinajstić information content (AvgIpc) is 3.28. The van der Waals surface area contributed by atoms with Crippen LogP contribution in [0.3, 0.4) is 0 Å². The number of aryl methyl sites for hydroxylation is 3. The minimum Gasteiger partial charge on any atom is -0.384 e. The summed E-state index contributed by atoms with van der Waals surface area (Å²) in [6.45, 7) is 0.661. The van der Waals surface area contributed by atoms with Gasteiger partial charge in [0.15, 0.2) is 0 Å². The Morgan fingerprint density at radius 3 is 2.33 bits per heavy atom. The minimum atomic E-state index is -3.70. The summed E-state index contributed by atoms with van der Waals surface area (Å²) in [6, 6.07) is 24.8. The number of hydrogen-bond acceptors (Lipinski definition) is 6. The predicted molar refractivity (Wildman–Crippen MR) is 182 cm³/mol. The van der Waals surface area contributed by atoms with Crippen LogP contribution in [0.2, 0.25) is 0 Å². The van der Waals surface area contributed by atoms with Crippen molar-refractivity contribution in [1.82, 2.24) is 14.3 Å². The molecule has 0 amide bonds. The normalized spacial score (nSPS) is 11.1. The molecule has 0 unspecified atom stereocenters. The summed E-state index contributed by atoms with van der Waals surface area (Å²) in [5.41, 5.74) is 11.2. The molecule has 9 nitrogen and oxygen atoms in total. The van der Waals surface area contributed by atoms with Crippen molar-refractivity contribution in [2.24, 2.45) is 12.8 Å². The second kappa shape index (κ2) is 14.1. The van der Waals surface area contributed by atoms with Crippen molar-refractivity contribution < 1.29 is 8.42 Å². The molecule has 5 N–H and O–H groups in total. The zero-order valence-electron chi connectivity index (χ0n) is 24.3. The third-order valence-corrected chi connectivity index (χ3v) is 8.77. The van der Waals surface area contributed by atoms with Crippen LogP contribution in [0.25, 0.3) is 21.8 Å². The van der Waals surface area contributed by atoms with Gasteiger partial charge in [-0.15, -0.1) is 24.8 Å². The molecule has 1 aromatic heterocycles. The fourth-order valence-electron chi connectivity index (χ4n) is 5.05. The van der Waals surface area contributed by atoms with Crippen molar-refractivity contribution in [3.05, 3.63) is 95.8 Å². The van der Waals surface area contributed by atoms with Crippen LogP contribution in [0.4, 0.5) is 11.4 Å². The molecular formula is C31H37Cl2N7O2S. The van der Waals surface area contributed by atoms with E-state index < -0.39 is 10.0 Å². The summed E-state index contributed by atoms with van der Waals surface area (Å²) in [5.74, 6) is 1.05. The molecule has 5 aromatic rings. The minimum absolute atomic E-state index is 0. The van der Waals surface area contributed by atoms with Crippen molar-refractivity contribution in [2.45, 2.75) is 17.7 Å². The largest absolute Gasteiger partial charge is 0.384 e. The highest BCUT2D eigenvalue weighted by Gasteiger charge is 2.18. The monoisotopic (exact) mass is 641 g/mol. The Kier molecular flexibility index (Phi) is 11.0. The molecule has 0 bridgehead atoms. The van der Waals surface area contributed by atoms with Gasteiger partial charge in [0.2, 0.25) is 10.0 Å². The first-order valence-corrected chi connectivity index (χ1v) is 14.9. The number of fused-ring (bicyclic) bond motifs is 2. The molecule has 0 spiro atoms. The number of sulfonamides is 1. The van der Waals surface area contributed by atoms with Gasteiger partial charge < -0.3 is 20.5 Å². The van der Waals surface area contributed by atoms with Crippen molar-refractivity contribution in [2.75, 3.05) is 37.4 Å². The van der Waals surface area contributed by atoms with Crippen molar-refractivity contribution in [3.8, 4) is 0 Å². The summed E-state index contributed by atoms with van der Waals surface area (Å²) in [5, 5.41) is 12.4. The summed E-state index contributed by atoms with van der Waals surface area (Å²) >= 11 is 0. The third-order valence-electron chi connectivity index (χ3n) is 7.25. The topological polar surface area (TPSA) is 129 Å². The number of amidine groups is 1. The van der Waals surface area contributed by atoms with Crippen molar-refractivity contribution in [3.63, 3.8) is 0 Å². The van der Waals surface area contributed by atoms with E-state index in [1.54, 1.807) is 12.1 Å². The van der Waals surface area contributed by atoms with E-state index in [2.05, 4.69) is 14.6 Å². The van der Waals surface area contributed by atoms with E-state index in [4.69, 9.17) is 16.1 Å². The number of halogens is 2. The van der Waals surface area contributed by atoms with Gasteiger partial charge in [0.05, 0.1) is 15.9 Å². The lowest BCUT2D eigenvalue weighted by Crippen LogP contribution is -2.29. The lowest BCUT2D eigenvalue weighted by atomic mass is 10.1. The summed E-state index contributed by atoms with van der Waals surface area (Å²) in [4.78, 5) is 7.10. The van der Waals surface area contributed by atoms with Crippen LogP contribution >= 0.6 is 24.8 Å². The van der Waals surface area contributed by atoms with E-state index in [1.807, 2.05) is 92.8 Å². The Bertz CT molecular complexity index is 1840. The van der Waals surface area contributed by atoms with E-state index in [1.165, 1.54) is 0 Å². The quantitative estimate of drug-likeness (QED) is 0.0903. The van der Waals surface area contributed by atoms with Crippen LogP contribution < -0.4 is 20.7 Å². The standard InChI is InChI=1S/C31H35N7O2S.2ClH/c1-37(2)27-8-4-7-25-24(27)6-5-9-29(25)41(39,40)35-19-18-34-23-15-16-28-26(20-23)36-30(38(28)3)17-12-21-10-13-22(14-11-21)31(32)33;;/h4-11,13-16,20,34-35H,12,17-19H2,1-3H3,(H3,32,33);2*1H. The Balaban J connectivity index is 0.00000253. The molecule has 228 valence electrons. The fourth-order valence-corrected chi connectivity index (χ4v) is 6.30. The first-order chi connectivity index (χ1) is 19.6. The number of nitrogens with two attached hydrogens (primary N) is 1. The van der Waals surface area contributed by atoms with Gasteiger partial charge in [0.25, 0.3) is 0 Å². The molecule has 5 rings (SSSR count). The third kappa shape index (κ3) is 7.40. The number of nitrogens with one attached hydrogen (secondary N) is 3. The van der Waals surface area contributed by atoms with Crippen LogP contribution in [-0.4, -0.2) is 51.0 Å². The number of imidazole rings is 1. The Hall–Kier alpha value is -3.83.